The maximum Gasteiger partial charge on any atom is 0.247 e. The normalized spacial score (nSPS) is 16.4. The zero-order valence-corrected chi connectivity index (χ0v) is 19.2. The number of nitriles is 1. The van der Waals surface area contributed by atoms with E-state index in [-0.39, 0.29) is 11.8 Å². The van der Waals surface area contributed by atoms with E-state index in [1.54, 1.807) is 0 Å². The van der Waals surface area contributed by atoms with E-state index in [2.05, 4.69) is 38.6 Å². The molecule has 1 aromatic heterocycles. The molecule has 2 heterocycles. The predicted molar refractivity (Wildman–Crippen MR) is 129 cm³/mol. The van der Waals surface area contributed by atoms with Crippen LogP contribution in [-0.4, -0.2) is 64.3 Å². The lowest BCUT2D eigenvalue weighted by atomic mass is 9.93. The summed E-state index contributed by atoms with van der Waals surface area (Å²) in [5.41, 5.74) is 2.37. The van der Waals surface area contributed by atoms with Gasteiger partial charge in [0, 0.05) is 25.7 Å². The van der Waals surface area contributed by atoms with Crippen LogP contribution in [-0.2, 0) is 16.1 Å². The minimum absolute atomic E-state index is 0.0742. The smallest absolute Gasteiger partial charge is 0.247 e. The minimum Gasteiger partial charge on any atom is -0.366 e. The van der Waals surface area contributed by atoms with Gasteiger partial charge in [-0.1, -0.05) is 12.6 Å². The van der Waals surface area contributed by atoms with Crippen molar-refractivity contribution in [3.8, 4) is 6.07 Å². The highest BCUT2D eigenvalue weighted by molar-refractivity contribution is 6.01. The number of carbonyl (C=O) groups excluding carboxylic acids is 2. The average Bonchev–Trinajstić information content (AvgIpc) is 2.80. The Hall–Kier alpha value is -3.97. The molecule has 0 atom stereocenters. The second-order valence-electron chi connectivity index (χ2n) is 8.59. The van der Waals surface area contributed by atoms with Crippen LogP contribution in [0.5, 0.6) is 0 Å². The van der Waals surface area contributed by atoms with E-state index in [0.29, 0.717) is 54.4 Å². The molecule has 4 rings (SSSR count). The van der Waals surface area contributed by atoms with E-state index < -0.39 is 0 Å². The van der Waals surface area contributed by atoms with Crippen molar-refractivity contribution < 1.29 is 9.59 Å². The lowest BCUT2D eigenvalue weighted by Crippen LogP contribution is -2.48. The lowest BCUT2D eigenvalue weighted by Gasteiger charge is -2.32. The summed E-state index contributed by atoms with van der Waals surface area (Å²) in [6.07, 6.45) is 5.93. The van der Waals surface area contributed by atoms with Gasteiger partial charge in [0.05, 0.1) is 24.1 Å². The third-order valence-corrected chi connectivity index (χ3v) is 6.01. The summed E-state index contributed by atoms with van der Waals surface area (Å²) in [5, 5.41) is 18.6. The number of piperazine rings is 1. The van der Waals surface area contributed by atoms with Crippen LogP contribution in [0.4, 0.5) is 23.1 Å². The average molecular weight is 461 g/mol. The molecule has 0 spiro atoms. The highest BCUT2D eigenvalue weighted by Gasteiger charge is 2.22. The van der Waals surface area contributed by atoms with Crippen LogP contribution in [0, 0.1) is 11.3 Å². The maximum absolute atomic E-state index is 12.4. The van der Waals surface area contributed by atoms with Crippen LogP contribution in [0.3, 0.4) is 0 Å². The zero-order chi connectivity index (χ0) is 24.1. The molecule has 1 saturated carbocycles. The van der Waals surface area contributed by atoms with Gasteiger partial charge < -0.3 is 20.9 Å². The molecule has 1 aliphatic carbocycles. The first-order chi connectivity index (χ1) is 16.4. The molecule has 2 aromatic rings. The lowest BCUT2D eigenvalue weighted by molar-refractivity contribution is -0.136. The van der Waals surface area contributed by atoms with Crippen molar-refractivity contribution in [2.45, 2.75) is 31.8 Å². The summed E-state index contributed by atoms with van der Waals surface area (Å²) in [6, 6.07) is 7.97. The Labute approximate surface area is 198 Å². The topological polar surface area (TPSA) is 126 Å². The van der Waals surface area contributed by atoms with Gasteiger partial charge in [-0.05, 0) is 50.1 Å². The van der Waals surface area contributed by atoms with Crippen LogP contribution in [0.25, 0.3) is 0 Å². The Morgan fingerprint density at radius 2 is 2.15 bits per heavy atom. The molecule has 2 fully saturated rings. The number of hydrogen-bond acceptors (Lipinski definition) is 8. The maximum atomic E-state index is 12.4. The van der Waals surface area contributed by atoms with Crippen molar-refractivity contribution in [3.63, 3.8) is 0 Å². The molecule has 10 nitrogen and oxygen atoms in total. The number of likely N-dealkylation sites (N-methyl/N-ethyl adjacent to an activating group) is 1. The first kappa shape index (κ1) is 23.2. The highest BCUT2D eigenvalue weighted by Crippen LogP contribution is 2.29. The number of aromatic nitrogens is 2. The third kappa shape index (κ3) is 5.50. The van der Waals surface area contributed by atoms with Gasteiger partial charge in [0.25, 0.3) is 0 Å². The van der Waals surface area contributed by atoms with E-state index in [1.807, 2.05) is 35.0 Å². The van der Waals surface area contributed by atoms with Gasteiger partial charge in [-0.3, -0.25) is 14.5 Å². The summed E-state index contributed by atoms with van der Waals surface area (Å²) in [4.78, 5) is 37.0. The highest BCUT2D eigenvalue weighted by atomic mass is 16.2. The second-order valence-corrected chi connectivity index (χ2v) is 8.59. The summed E-state index contributed by atoms with van der Waals surface area (Å²) < 4.78 is 0. The molecule has 34 heavy (non-hydrogen) atoms. The van der Waals surface area contributed by atoms with Crippen LogP contribution in [0.2, 0.25) is 0 Å². The number of nitrogens with zero attached hydrogens (tertiary/aromatic N) is 5. The van der Waals surface area contributed by atoms with E-state index >= 15 is 0 Å². The van der Waals surface area contributed by atoms with Gasteiger partial charge in [-0.15, -0.1) is 0 Å². The molecule has 176 valence electrons. The second kappa shape index (κ2) is 10.3. The molecule has 2 aliphatic rings. The molecule has 1 saturated heterocycles. The Kier molecular flexibility index (Phi) is 7.04. The monoisotopic (exact) mass is 460 g/mol. The number of hydrogen-bond donors (Lipinski definition) is 3. The van der Waals surface area contributed by atoms with Crippen molar-refractivity contribution in [2.75, 3.05) is 42.6 Å². The Morgan fingerprint density at radius 1 is 1.32 bits per heavy atom. The first-order valence-electron chi connectivity index (χ1n) is 11.3. The van der Waals surface area contributed by atoms with E-state index in [9.17, 15) is 14.9 Å². The van der Waals surface area contributed by atoms with Crippen molar-refractivity contribution >= 4 is 35.0 Å². The number of carbonyl (C=O) groups is 2. The molecule has 0 radical (unpaired) electrons. The molecular weight excluding hydrogens is 432 g/mol. The van der Waals surface area contributed by atoms with Gasteiger partial charge in [0.2, 0.25) is 17.8 Å². The molecular formula is C24H28N8O2. The number of anilines is 4. The quantitative estimate of drug-likeness (QED) is 0.513. The van der Waals surface area contributed by atoms with Crippen molar-refractivity contribution in [3.05, 3.63) is 48.2 Å². The summed E-state index contributed by atoms with van der Waals surface area (Å²) in [5.74, 6) is 0.512. The van der Waals surface area contributed by atoms with E-state index in [4.69, 9.17) is 0 Å². The predicted octanol–water partition coefficient (Wildman–Crippen LogP) is 2.45. The van der Waals surface area contributed by atoms with Crippen molar-refractivity contribution in [1.29, 1.82) is 5.26 Å². The fourth-order valence-electron chi connectivity index (χ4n) is 3.80. The number of rotatable bonds is 8. The number of amides is 2. The SMILES string of the molecule is C=CC(=O)Nc1cc(CN2CCN(C)CC2=O)ccc1Nc1ncc(C#N)c(NC2CCC2)n1. The largest absolute Gasteiger partial charge is 0.366 e. The minimum atomic E-state index is -0.357. The standard InChI is InChI=1S/C24H28N8O2/c1-3-21(33)28-20-11-16(14-32-10-9-31(2)15-22(32)34)7-8-19(20)29-24-26-13-17(12-25)23(30-24)27-18-5-4-6-18/h3,7-8,11,13,18H,1,4-6,9-10,14-15H2,2H3,(H,28,33)(H2,26,27,29,30). The summed E-state index contributed by atoms with van der Waals surface area (Å²) in [6.45, 7) is 5.84. The molecule has 1 aliphatic heterocycles. The molecule has 2 amide bonds. The van der Waals surface area contributed by atoms with Gasteiger partial charge >= 0.3 is 0 Å². The first-order valence-corrected chi connectivity index (χ1v) is 11.3. The summed E-state index contributed by atoms with van der Waals surface area (Å²) >= 11 is 0. The van der Waals surface area contributed by atoms with E-state index in [0.717, 1.165) is 31.4 Å². The van der Waals surface area contributed by atoms with Crippen molar-refractivity contribution in [2.24, 2.45) is 0 Å². The molecule has 1 aromatic carbocycles. The van der Waals surface area contributed by atoms with Gasteiger partial charge in [-0.2, -0.15) is 10.2 Å². The van der Waals surface area contributed by atoms with Crippen molar-refractivity contribution in [1.82, 2.24) is 19.8 Å². The molecule has 0 bridgehead atoms. The van der Waals surface area contributed by atoms with Gasteiger partial charge in [0.1, 0.15) is 17.5 Å². The Bertz CT molecular complexity index is 1140. The fraction of sp³-hybridized carbons (Fsp3) is 0.375. The summed E-state index contributed by atoms with van der Waals surface area (Å²) in [7, 11) is 1.93. The number of benzene rings is 1. The zero-order valence-electron chi connectivity index (χ0n) is 19.2. The third-order valence-electron chi connectivity index (χ3n) is 6.01. The molecule has 0 unspecified atom stereocenters. The fourth-order valence-corrected chi connectivity index (χ4v) is 3.80. The molecule has 3 N–H and O–H groups in total. The van der Waals surface area contributed by atoms with Crippen LogP contribution in [0.1, 0.15) is 30.4 Å². The van der Waals surface area contributed by atoms with Crippen LogP contribution in [0.15, 0.2) is 37.1 Å². The van der Waals surface area contributed by atoms with Gasteiger partial charge in [0.15, 0.2) is 0 Å². The van der Waals surface area contributed by atoms with Crippen LogP contribution >= 0.6 is 0 Å². The Balaban J connectivity index is 1.56. The van der Waals surface area contributed by atoms with E-state index in [1.165, 1.54) is 12.3 Å². The Morgan fingerprint density at radius 3 is 2.82 bits per heavy atom. The number of nitrogens with one attached hydrogen (secondary N) is 3. The molecule has 10 heteroatoms. The van der Waals surface area contributed by atoms with Gasteiger partial charge in [-0.25, -0.2) is 4.98 Å². The van der Waals surface area contributed by atoms with Crippen LogP contribution < -0.4 is 16.0 Å².